The van der Waals surface area contributed by atoms with E-state index in [1.807, 2.05) is 18.2 Å². The SMILES string of the molecule is COC(=O)c1c(S(=O)(=O)N2CCCCC2)sc2c1CCN(Cc1ccccc1)C2. The van der Waals surface area contributed by atoms with Gasteiger partial charge in [-0.3, -0.25) is 4.90 Å². The van der Waals surface area contributed by atoms with Gasteiger partial charge in [-0.25, -0.2) is 13.2 Å². The number of thiophene rings is 1. The fourth-order valence-corrected chi connectivity index (χ4v) is 7.70. The van der Waals surface area contributed by atoms with E-state index in [0.29, 0.717) is 26.1 Å². The molecular weight excluding hydrogens is 408 g/mol. The summed E-state index contributed by atoms with van der Waals surface area (Å²) in [6, 6.07) is 10.2. The largest absolute Gasteiger partial charge is 0.465 e. The molecular formula is C21H26N2O4S2. The van der Waals surface area contributed by atoms with Gasteiger partial charge in [0.25, 0.3) is 10.0 Å². The highest BCUT2D eigenvalue weighted by atomic mass is 32.2. The maximum Gasteiger partial charge on any atom is 0.340 e. The molecule has 1 aromatic carbocycles. The summed E-state index contributed by atoms with van der Waals surface area (Å²) in [5, 5.41) is 0. The van der Waals surface area contributed by atoms with E-state index in [1.54, 1.807) is 0 Å². The number of methoxy groups -OCH3 is 1. The second-order valence-corrected chi connectivity index (χ2v) is 10.8. The van der Waals surface area contributed by atoms with Crippen LogP contribution in [0.15, 0.2) is 34.5 Å². The minimum absolute atomic E-state index is 0.165. The average Bonchev–Trinajstić information content (AvgIpc) is 3.14. The summed E-state index contributed by atoms with van der Waals surface area (Å²) in [6.07, 6.45) is 3.43. The Balaban J connectivity index is 1.66. The van der Waals surface area contributed by atoms with Crippen LogP contribution in [0, 0.1) is 0 Å². The molecule has 0 bridgehead atoms. The van der Waals surface area contributed by atoms with Crippen LogP contribution in [-0.4, -0.2) is 50.3 Å². The van der Waals surface area contributed by atoms with Crippen LogP contribution in [-0.2, 0) is 34.3 Å². The molecule has 0 aliphatic carbocycles. The number of nitrogens with zero attached hydrogens (tertiary/aromatic N) is 2. The quantitative estimate of drug-likeness (QED) is 0.676. The topological polar surface area (TPSA) is 66.9 Å². The molecule has 0 N–H and O–H groups in total. The maximum absolute atomic E-state index is 13.3. The van der Waals surface area contributed by atoms with Crippen molar-refractivity contribution in [3.63, 3.8) is 0 Å². The number of rotatable bonds is 5. The number of carbonyl (C=O) groups excluding carboxylic acids is 1. The molecule has 29 heavy (non-hydrogen) atoms. The number of hydrogen-bond donors (Lipinski definition) is 0. The molecule has 2 aliphatic heterocycles. The second kappa shape index (κ2) is 8.55. The van der Waals surface area contributed by atoms with Crippen molar-refractivity contribution >= 4 is 27.3 Å². The number of benzene rings is 1. The van der Waals surface area contributed by atoms with Crippen LogP contribution in [0.1, 0.15) is 45.6 Å². The first-order valence-electron chi connectivity index (χ1n) is 10.00. The van der Waals surface area contributed by atoms with Gasteiger partial charge >= 0.3 is 5.97 Å². The zero-order valence-corrected chi connectivity index (χ0v) is 18.2. The first kappa shape index (κ1) is 20.5. The summed E-state index contributed by atoms with van der Waals surface area (Å²) in [5.74, 6) is -0.547. The van der Waals surface area contributed by atoms with E-state index in [2.05, 4.69) is 17.0 Å². The Bertz CT molecular complexity index is 980. The molecule has 1 fully saturated rings. The van der Waals surface area contributed by atoms with Crippen LogP contribution in [0.4, 0.5) is 0 Å². The molecule has 1 saturated heterocycles. The molecule has 0 radical (unpaired) electrons. The fourth-order valence-electron chi connectivity index (χ4n) is 4.12. The Hall–Kier alpha value is -1.74. The minimum Gasteiger partial charge on any atom is -0.465 e. The van der Waals surface area contributed by atoms with Crippen molar-refractivity contribution in [1.82, 2.24) is 9.21 Å². The molecule has 0 amide bonds. The summed E-state index contributed by atoms with van der Waals surface area (Å²) in [5.41, 5.74) is 2.33. The lowest BCUT2D eigenvalue weighted by atomic mass is 10.0. The van der Waals surface area contributed by atoms with Gasteiger partial charge in [0.15, 0.2) is 0 Å². The third-order valence-corrected chi connectivity index (χ3v) is 9.24. The number of fused-ring (bicyclic) bond motifs is 1. The lowest BCUT2D eigenvalue weighted by Crippen LogP contribution is -2.36. The van der Waals surface area contributed by atoms with Crippen LogP contribution in [0.3, 0.4) is 0 Å². The van der Waals surface area contributed by atoms with Crippen LogP contribution in [0.5, 0.6) is 0 Å². The summed E-state index contributed by atoms with van der Waals surface area (Å²) in [6.45, 7) is 3.28. The van der Waals surface area contributed by atoms with Crippen LogP contribution in [0.25, 0.3) is 0 Å². The second-order valence-electron chi connectivity index (χ2n) is 7.57. The molecule has 6 nitrogen and oxygen atoms in total. The summed E-state index contributed by atoms with van der Waals surface area (Å²) < 4.78 is 33.3. The molecule has 2 aliphatic rings. The molecule has 3 heterocycles. The number of hydrogen-bond acceptors (Lipinski definition) is 6. The van der Waals surface area contributed by atoms with Gasteiger partial charge in [-0.05, 0) is 30.4 Å². The standard InChI is InChI=1S/C21H26N2O4S2/c1-27-20(24)19-17-10-13-22(14-16-8-4-2-5-9-16)15-18(17)28-21(19)29(25,26)23-11-6-3-7-12-23/h2,4-5,8-9H,3,6-7,10-15H2,1H3. The average molecular weight is 435 g/mol. The Morgan fingerprint density at radius 1 is 1.10 bits per heavy atom. The highest BCUT2D eigenvalue weighted by Crippen LogP contribution is 2.38. The van der Waals surface area contributed by atoms with E-state index in [9.17, 15) is 13.2 Å². The van der Waals surface area contributed by atoms with Gasteiger partial charge in [-0.1, -0.05) is 36.8 Å². The zero-order valence-electron chi connectivity index (χ0n) is 16.6. The zero-order chi connectivity index (χ0) is 20.4. The van der Waals surface area contributed by atoms with Crippen molar-refractivity contribution in [2.24, 2.45) is 0 Å². The molecule has 156 valence electrons. The van der Waals surface area contributed by atoms with E-state index in [1.165, 1.54) is 28.3 Å². The van der Waals surface area contributed by atoms with Crippen LogP contribution >= 0.6 is 11.3 Å². The van der Waals surface area contributed by atoms with Gasteiger partial charge in [0.05, 0.1) is 12.7 Å². The van der Waals surface area contributed by atoms with Crippen LogP contribution in [0.2, 0.25) is 0 Å². The van der Waals surface area contributed by atoms with E-state index in [4.69, 9.17) is 4.74 Å². The molecule has 1 aromatic heterocycles. The van der Waals surface area contributed by atoms with E-state index < -0.39 is 16.0 Å². The monoisotopic (exact) mass is 434 g/mol. The highest BCUT2D eigenvalue weighted by molar-refractivity contribution is 7.91. The van der Waals surface area contributed by atoms with Gasteiger partial charge < -0.3 is 4.74 Å². The molecule has 0 spiro atoms. The van der Waals surface area contributed by atoms with Crippen LogP contribution < -0.4 is 0 Å². The smallest absolute Gasteiger partial charge is 0.340 e. The Morgan fingerprint density at radius 2 is 1.83 bits per heavy atom. The van der Waals surface area contributed by atoms with Crippen molar-refractivity contribution in [3.05, 3.63) is 51.9 Å². The van der Waals surface area contributed by atoms with E-state index in [0.717, 1.165) is 42.8 Å². The van der Waals surface area contributed by atoms with Gasteiger partial charge in [0, 0.05) is 37.6 Å². The number of sulfonamides is 1. The van der Waals surface area contributed by atoms with E-state index in [-0.39, 0.29) is 9.77 Å². The number of piperidine rings is 1. The van der Waals surface area contributed by atoms with Crippen molar-refractivity contribution in [1.29, 1.82) is 0 Å². The lowest BCUT2D eigenvalue weighted by molar-refractivity contribution is 0.0595. The van der Waals surface area contributed by atoms with Gasteiger partial charge in [-0.2, -0.15) is 4.31 Å². The Labute approximate surface area is 176 Å². The third-order valence-electron chi connectivity index (χ3n) is 5.63. The van der Waals surface area contributed by atoms with Crippen molar-refractivity contribution in [3.8, 4) is 0 Å². The number of ether oxygens (including phenoxy) is 1. The Morgan fingerprint density at radius 3 is 2.52 bits per heavy atom. The van der Waals surface area contributed by atoms with Gasteiger partial charge in [0.2, 0.25) is 0 Å². The predicted octanol–water partition coefficient (Wildman–Crippen LogP) is 3.27. The predicted molar refractivity (Wildman–Crippen MR) is 113 cm³/mol. The van der Waals surface area contributed by atoms with Crippen molar-refractivity contribution in [2.75, 3.05) is 26.7 Å². The van der Waals surface area contributed by atoms with Crippen molar-refractivity contribution < 1.29 is 17.9 Å². The van der Waals surface area contributed by atoms with E-state index >= 15 is 0 Å². The number of carbonyl (C=O) groups is 1. The lowest BCUT2D eigenvalue weighted by Gasteiger charge is -2.27. The molecule has 2 aromatic rings. The van der Waals surface area contributed by atoms with Gasteiger partial charge in [-0.15, -0.1) is 11.3 Å². The minimum atomic E-state index is -3.69. The van der Waals surface area contributed by atoms with Crippen molar-refractivity contribution in [2.45, 2.75) is 43.0 Å². The summed E-state index contributed by atoms with van der Waals surface area (Å²) in [4.78, 5) is 15.8. The first-order valence-corrected chi connectivity index (χ1v) is 12.3. The highest BCUT2D eigenvalue weighted by Gasteiger charge is 2.37. The fraction of sp³-hybridized carbons (Fsp3) is 0.476. The molecule has 0 saturated carbocycles. The molecule has 8 heteroatoms. The molecule has 0 unspecified atom stereocenters. The first-order chi connectivity index (χ1) is 14.0. The summed E-state index contributed by atoms with van der Waals surface area (Å²) >= 11 is 1.25. The molecule has 4 rings (SSSR count). The number of esters is 1. The maximum atomic E-state index is 13.3. The summed E-state index contributed by atoms with van der Waals surface area (Å²) in [7, 11) is -2.37. The normalized spacial score (nSPS) is 18.4. The molecule has 0 atom stereocenters. The Kier molecular flexibility index (Phi) is 6.06. The third kappa shape index (κ3) is 4.12. The van der Waals surface area contributed by atoms with Gasteiger partial charge in [0.1, 0.15) is 4.21 Å².